The molecule has 5 atom stereocenters. The Morgan fingerprint density at radius 1 is 0.898 bits per heavy atom. The maximum absolute atomic E-state index is 14.5. The first-order valence-electron chi connectivity index (χ1n) is 19.8. The standard InChI is InChI=1S/C39H55N9O9S2/c1-6-24(5)33(45-34(50)29(19-23(3)4)43-35(51)31-22-41-17-18-42-31)36(52)44-30(20-25-11-9-8-10-12-25)38(54)48(32(49)21-26(40)7-2)39(55)37(53)47-59(56,57)28-15-13-27(46-58)14-16-28/h13-18,22-26,29-30,33H,6-12,19-21,40H2,1-5H3,(H,43,51)(H,44,52)(H,45,50)(H,47,53)/t24-,26?,29-,30-,33-/m0/s1. The first-order valence-corrected chi connectivity index (χ1v) is 21.6. The lowest BCUT2D eigenvalue weighted by Crippen LogP contribution is -2.61. The SMILES string of the molecule is CCC(N)CC(=O)N(C(=O)C(=O)NS(=O)(=O)c1ccc(N=S)cc1)C(=O)[C@H](CC1CCCCC1)NC(=O)[C@@H](NC(=O)[C@H](CC(C)C)NC(=O)c1cnccn1)[C@@H](C)CC. The fourth-order valence-corrected chi connectivity index (χ4v) is 7.58. The van der Waals surface area contributed by atoms with Crippen molar-refractivity contribution in [2.45, 2.75) is 128 Å². The van der Waals surface area contributed by atoms with Crippen molar-refractivity contribution >= 4 is 69.5 Å². The first-order chi connectivity index (χ1) is 27.9. The van der Waals surface area contributed by atoms with Crippen molar-refractivity contribution in [1.29, 1.82) is 0 Å². The summed E-state index contributed by atoms with van der Waals surface area (Å²) < 4.78 is 31.3. The highest BCUT2D eigenvalue weighted by molar-refractivity contribution is 7.90. The zero-order valence-corrected chi connectivity index (χ0v) is 35.6. The van der Waals surface area contributed by atoms with Crippen LogP contribution in [-0.4, -0.2) is 88.8 Å². The van der Waals surface area contributed by atoms with E-state index < -0.39 is 92.8 Å². The summed E-state index contributed by atoms with van der Waals surface area (Å²) in [5.41, 5.74) is 6.26. The predicted octanol–water partition coefficient (Wildman–Crippen LogP) is 2.48. The van der Waals surface area contributed by atoms with Crippen LogP contribution in [0.4, 0.5) is 5.69 Å². The fraction of sp³-hybridized carbons (Fsp3) is 0.564. The van der Waals surface area contributed by atoms with E-state index >= 15 is 0 Å². The molecule has 0 aliphatic heterocycles. The van der Waals surface area contributed by atoms with Gasteiger partial charge in [0.25, 0.3) is 21.8 Å². The van der Waals surface area contributed by atoms with Gasteiger partial charge in [0.1, 0.15) is 23.8 Å². The van der Waals surface area contributed by atoms with E-state index in [1.165, 1.54) is 30.7 Å². The molecule has 0 bridgehead atoms. The first kappa shape index (κ1) is 48.3. The van der Waals surface area contributed by atoms with Crippen molar-refractivity contribution in [2.24, 2.45) is 27.9 Å². The van der Waals surface area contributed by atoms with Gasteiger partial charge in [-0.3, -0.25) is 38.5 Å². The lowest BCUT2D eigenvalue weighted by Gasteiger charge is -2.32. The van der Waals surface area contributed by atoms with Crippen LogP contribution in [0.15, 0.2) is 52.1 Å². The average molecular weight is 858 g/mol. The van der Waals surface area contributed by atoms with Crippen LogP contribution in [-0.2, 0) is 51.2 Å². The van der Waals surface area contributed by atoms with Crippen LogP contribution in [0.25, 0.3) is 0 Å². The van der Waals surface area contributed by atoms with Crippen LogP contribution < -0.4 is 26.4 Å². The van der Waals surface area contributed by atoms with E-state index in [1.807, 2.05) is 13.8 Å². The van der Waals surface area contributed by atoms with Gasteiger partial charge < -0.3 is 21.7 Å². The Balaban J connectivity index is 1.98. The van der Waals surface area contributed by atoms with Crippen LogP contribution in [0.2, 0.25) is 0 Å². The quantitative estimate of drug-likeness (QED) is 0.127. The minimum atomic E-state index is -4.69. The lowest BCUT2D eigenvalue weighted by atomic mass is 9.84. The number of rotatable bonds is 19. The Morgan fingerprint density at radius 3 is 2.12 bits per heavy atom. The van der Waals surface area contributed by atoms with Crippen LogP contribution in [0, 0.1) is 17.8 Å². The minimum absolute atomic E-state index is 0.0209. The molecule has 20 heteroatoms. The van der Waals surface area contributed by atoms with E-state index in [9.17, 15) is 42.0 Å². The molecule has 3 rings (SSSR count). The molecule has 0 spiro atoms. The van der Waals surface area contributed by atoms with Gasteiger partial charge in [-0.2, -0.15) is 4.36 Å². The van der Waals surface area contributed by atoms with Crippen molar-refractivity contribution in [2.75, 3.05) is 0 Å². The van der Waals surface area contributed by atoms with E-state index in [0.717, 1.165) is 31.4 Å². The summed E-state index contributed by atoms with van der Waals surface area (Å²) in [6.45, 7) is 8.85. The second-order valence-corrected chi connectivity index (χ2v) is 17.0. The van der Waals surface area contributed by atoms with Crippen molar-refractivity contribution in [3.8, 4) is 0 Å². The molecule has 322 valence electrons. The van der Waals surface area contributed by atoms with Gasteiger partial charge in [-0.05, 0) is 61.3 Å². The monoisotopic (exact) mass is 857 g/mol. The van der Waals surface area contributed by atoms with Gasteiger partial charge in [-0.25, -0.2) is 23.0 Å². The van der Waals surface area contributed by atoms with E-state index in [4.69, 9.17) is 5.73 Å². The number of imide groups is 3. The number of hydrogen-bond donors (Lipinski definition) is 5. The number of amides is 7. The summed E-state index contributed by atoms with van der Waals surface area (Å²) in [6.07, 6.45) is 8.16. The largest absolute Gasteiger partial charge is 0.342 e. The molecule has 2 aromatic rings. The van der Waals surface area contributed by atoms with E-state index in [1.54, 1.807) is 25.5 Å². The molecule has 1 aliphatic carbocycles. The van der Waals surface area contributed by atoms with Gasteiger partial charge in [0.2, 0.25) is 17.7 Å². The molecule has 1 aliphatic rings. The molecule has 1 aromatic heterocycles. The van der Waals surface area contributed by atoms with Crippen molar-refractivity contribution in [1.82, 2.24) is 35.5 Å². The third kappa shape index (κ3) is 14.3. The number of benzene rings is 1. The highest BCUT2D eigenvalue weighted by atomic mass is 32.2. The van der Waals surface area contributed by atoms with Gasteiger partial charge in [0, 0.05) is 37.3 Å². The average Bonchev–Trinajstić information content (AvgIpc) is 3.22. The molecule has 1 aromatic carbocycles. The Bertz CT molecular complexity index is 1930. The maximum atomic E-state index is 14.5. The van der Waals surface area contributed by atoms with Gasteiger partial charge in [-0.15, -0.1) is 0 Å². The predicted molar refractivity (Wildman–Crippen MR) is 218 cm³/mol. The number of sulfonamides is 1. The van der Waals surface area contributed by atoms with E-state index in [2.05, 4.69) is 42.7 Å². The Labute approximate surface area is 350 Å². The molecule has 6 N–H and O–H groups in total. The van der Waals surface area contributed by atoms with Crippen LogP contribution in [0.5, 0.6) is 0 Å². The third-order valence-corrected chi connectivity index (χ3v) is 11.7. The minimum Gasteiger partial charge on any atom is -0.342 e. The third-order valence-electron chi connectivity index (χ3n) is 10.1. The number of nitrogens with two attached hydrogens (primary N) is 1. The smallest absolute Gasteiger partial charge is 0.326 e. The van der Waals surface area contributed by atoms with Crippen molar-refractivity contribution < 1.29 is 42.0 Å². The summed E-state index contributed by atoms with van der Waals surface area (Å²) in [5.74, 6) is -8.93. The molecule has 0 radical (unpaired) electrons. The number of nitrogens with zero attached hydrogens (tertiary/aromatic N) is 4. The van der Waals surface area contributed by atoms with Crippen molar-refractivity contribution in [3.05, 3.63) is 48.5 Å². The topological polar surface area (TPSA) is 269 Å². The Morgan fingerprint density at radius 2 is 1.56 bits per heavy atom. The molecule has 1 fully saturated rings. The second-order valence-electron chi connectivity index (χ2n) is 15.2. The summed E-state index contributed by atoms with van der Waals surface area (Å²) in [6, 6.07) is -0.0319. The number of carbonyl (C=O) groups is 7. The summed E-state index contributed by atoms with van der Waals surface area (Å²) in [5, 5.41) is 8.05. The van der Waals surface area contributed by atoms with Gasteiger partial charge in [0.05, 0.1) is 16.8 Å². The van der Waals surface area contributed by atoms with Crippen LogP contribution in [0.3, 0.4) is 0 Å². The van der Waals surface area contributed by atoms with Crippen LogP contribution >= 0.6 is 0 Å². The van der Waals surface area contributed by atoms with Gasteiger partial charge in [-0.1, -0.05) is 73.1 Å². The normalized spacial score (nSPS) is 15.7. The fourth-order valence-electron chi connectivity index (χ4n) is 6.51. The molecule has 18 nitrogen and oxygen atoms in total. The molecule has 1 saturated carbocycles. The Hall–Kier alpha value is -5.08. The molecule has 59 heavy (non-hydrogen) atoms. The summed E-state index contributed by atoms with van der Waals surface area (Å²) >= 11 is 4.60. The highest BCUT2D eigenvalue weighted by Crippen LogP contribution is 2.28. The van der Waals surface area contributed by atoms with E-state index in [-0.39, 0.29) is 47.4 Å². The molecular formula is C39H55N9O9S2. The lowest BCUT2D eigenvalue weighted by molar-refractivity contribution is -0.160. The molecule has 0 saturated heterocycles. The Kier molecular flexibility index (Phi) is 18.7. The summed E-state index contributed by atoms with van der Waals surface area (Å²) in [4.78, 5) is 104. The number of nitrogens with one attached hydrogen (secondary N) is 4. The highest BCUT2D eigenvalue weighted by Gasteiger charge is 2.41. The zero-order chi connectivity index (χ0) is 43.9. The van der Waals surface area contributed by atoms with Crippen molar-refractivity contribution in [3.63, 3.8) is 0 Å². The number of aromatic nitrogens is 2. The number of hydrogen-bond acceptors (Lipinski definition) is 14. The second kappa shape index (κ2) is 22.9. The molecule has 7 amide bonds. The van der Waals surface area contributed by atoms with Gasteiger partial charge >= 0.3 is 11.8 Å². The van der Waals surface area contributed by atoms with Crippen LogP contribution in [0.1, 0.15) is 109 Å². The molecular weight excluding hydrogens is 803 g/mol. The maximum Gasteiger partial charge on any atom is 0.326 e. The van der Waals surface area contributed by atoms with E-state index in [0.29, 0.717) is 19.3 Å². The van der Waals surface area contributed by atoms with Gasteiger partial charge in [0.15, 0.2) is 0 Å². The summed E-state index contributed by atoms with van der Waals surface area (Å²) in [7, 11) is -4.69. The molecule has 1 unspecified atom stereocenters. The molecule has 1 heterocycles. The number of carbonyl (C=O) groups excluding carboxylic acids is 7. The zero-order valence-electron chi connectivity index (χ0n) is 34.0.